The number of rotatable bonds is 3. The Balaban J connectivity index is 2.02. The van der Waals surface area contributed by atoms with Gasteiger partial charge in [-0.15, -0.1) is 9.19 Å². The third-order valence-electron chi connectivity index (χ3n) is 2.83. The summed E-state index contributed by atoms with van der Waals surface area (Å²) in [5.74, 6) is 0.921. The van der Waals surface area contributed by atoms with E-state index in [-0.39, 0.29) is 4.90 Å². The Morgan fingerprint density at radius 2 is 2.11 bits per heavy atom. The molecule has 2 aromatic rings. The van der Waals surface area contributed by atoms with Crippen LogP contribution in [0, 0.1) is 0 Å². The minimum Gasteiger partial charge on any atom is -0.399 e. The van der Waals surface area contributed by atoms with E-state index in [2.05, 4.69) is 10.1 Å². The van der Waals surface area contributed by atoms with E-state index in [4.69, 9.17) is 5.73 Å². The van der Waals surface area contributed by atoms with Crippen LogP contribution in [0.2, 0.25) is 0 Å². The van der Waals surface area contributed by atoms with Gasteiger partial charge < -0.3 is 5.73 Å². The smallest absolute Gasteiger partial charge is 0.284 e. The van der Waals surface area contributed by atoms with Crippen molar-refractivity contribution < 1.29 is 8.42 Å². The first-order valence-electron chi connectivity index (χ1n) is 5.60. The summed E-state index contributed by atoms with van der Waals surface area (Å²) in [6, 6.07) is 6.13. The van der Waals surface area contributed by atoms with Crippen molar-refractivity contribution in [2.24, 2.45) is 0 Å². The molecule has 1 saturated carbocycles. The third kappa shape index (κ3) is 1.86. The average molecular weight is 264 g/mol. The van der Waals surface area contributed by atoms with Gasteiger partial charge in [-0.3, -0.25) is 0 Å². The van der Waals surface area contributed by atoms with Crippen LogP contribution in [0.3, 0.4) is 0 Å². The molecule has 1 heterocycles. The molecule has 0 saturated heterocycles. The highest BCUT2D eigenvalue weighted by Gasteiger charge is 2.29. The molecule has 6 nitrogen and oxygen atoms in total. The van der Waals surface area contributed by atoms with Crippen LogP contribution in [-0.2, 0) is 10.0 Å². The zero-order chi connectivity index (χ0) is 12.8. The topological polar surface area (TPSA) is 90.9 Å². The van der Waals surface area contributed by atoms with Crippen molar-refractivity contribution in [2.75, 3.05) is 5.73 Å². The molecular weight excluding hydrogens is 252 g/mol. The molecule has 2 N–H and O–H groups in total. The Bertz CT molecular complexity index is 689. The van der Waals surface area contributed by atoms with Crippen LogP contribution < -0.4 is 5.73 Å². The number of anilines is 1. The van der Waals surface area contributed by atoms with Crippen LogP contribution in [0.4, 0.5) is 5.69 Å². The minimum atomic E-state index is -3.68. The van der Waals surface area contributed by atoms with E-state index in [0.29, 0.717) is 17.4 Å². The van der Waals surface area contributed by atoms with E-state index < -0.39 is 10.0 Å². The molecule has 0 amide bonds. The van der Waals surface area contributed by atoms with Gasteiger partial charge in [-0.2, -0.15) is 8.42 Å². The van der Waals surface area contributed by atoms with E-state index in [1.54, 1.807) is 12.1 Å². The zero-order valence-corrected chi connectivity index (χ0v) is 10.3. The van der Waals surface area contributed by atoms with E-state index in [1.165, 1.54) is 18.5 Å². The quantitative estimate of drug-likeness (QED) is 0.834. The second-order valence-corrected chi connectivity index (χ2v) is 6.12. The maximum Gasteiger partial charge on any atom is 0.284 e. The van der Waals surface area contributed by atoms with Gasteiger partial charge in [-0.1, -0.05) is 6.07 Å². The highest BCUT2D eigenvalue weighted by atomic mass is 32.2. The SMILES string of the molecule is Nc1cccc(S(=O)(=O)n2cnc(C3CC3)n2)c1. The number of nitrogens with zero attached hydrogens (tertiary/aromatic N) is 3. The highest BCUT2D eigenvalue weighted by molar-refractivity contribution is 7.89. The van der Waals surface area contributed by atoms with Gasteiger partial charge in [-0.05, 0) is 31.0 Å². The van der Waals surface area contributed by atoms with Gasteiger partial charge in [0.25, 0.3) is 10.0 Å². The highest BCUT2D eigenvalue weighted by Crippen LogP contribution is 2.37. The molecule has 0 spiro atoms. The second-order valence-electron chi connectivity index (χ2n) is 4.33. The summed E-state index contributed by atoms with van der Waals surface area (Å²) in [4.78, 5) is 4.15. The molecule has 0 unspecified atom stereocenters. The standard InChI is InChI=1S/C11H12N4O2S/c12-9-2-1-3-10(6-9)18(16,17)15-7-13-11(14-15)8-4-5-8/h1-3,6-8H,4-5,12H2. The molecule has 0 aliphatic heterocycles. The third-order valence-corrected chi connectivity index (χ3v) is 4.35. The van der Waals surface area contributed by atoms with Gasteiger partial charge in [-0.25, -0.2) is 4.98 Å². The molecule has 0 atom stereocenters. The van der Waals surface area contributed by atoms with Crippen LogP contribution >= 0.6 is 0 Å². The molecule has 1 aliphatic rings. The summed E-state index contributed by atoms with van der Waals surface area (Å²) in [7, 11) is -3.68. The normalized spacial score (nSPS) is 15.8. The maximum absolute atomic E-state index is 12.2. The molecule has 7 heteroatoms. The number of nitrogens with two attached hydrogens (primary N) is 1. The number of aromatic nitrogens is 3. The second kappa shape index (κ2) is 3.81. The first-order chi connectivity index (χ1) is 8.57. The van der Waals surface area contributed by atoms with Crippen molar-refractivity contribution >= 4 is 15.7 Å². The average Bonchev–Trinajstić information content (AvgIpc) is 3.06. The number of hydrogen-bond acceptors (Lipinski definition) is 5. The first kappa shape index (κ1) is 11.2. The summed E-state index contributed by atoms with van der Waals surface area (Å²) < 4.78 is 25.4. The molecule has 0 bridgehead atoms. The lowest BCUT2D eigenvalue weighted by molar-refractivity contribution is 0.579. The van der Waals surface area contributed by atoms with E-state index >= 15 is 0 Å². The van der Waals surface area contributed by atoms with Gasteiger partial charge in [0.1, 0.15) is 6.33 Å². The first-order valence-corrected chi connectivity index (χ1v) is 7.04. The lowest BCUT2D eigenvalue weighted by Gasteiger charge is -2.03. The Kier molecular flexibility index (Phi) is 2.37. The van der Waals surface area contributed by atoms with Crippen molar-refractivity contribution in [2.45, 2.75) is 23.7 Å². The van der Waals surface area contributed by atoms with Crippen molar-refractivity contribution in [3.8, 4) is 0 Å². The fourth-order valence-electron chi connectivity index (χ4n) is 1.69. The minimum absolute atomic E-state index is 0.120. The van der Waals surface area contributed by atoms with E-state index in [1.807, 2.05) is 0 Å². The van der Waals surface area contributed by atoms with Gasteiger partial charge >= 0.3 is 0 Å². The molecule has 0 radical (unpaired) electrons. The van der Waals surface area contributed by atoms with Crippen LogP contribution in [0.15, 0.2) is 35.5 Å². The molecule has 18 heavy (non-hydrogen) atoms. The predicted molar refractivity (Wildman–Crippen MR) is 65.4 cm³/mol. The largest absolute Gasteiger partial charge is 0.399 e. The van der Waals surface area contributed by atoms with Crippen LogP contribution in [-0.4, -0.2) is 22.6 Å². The fraction of sp³-hybridized carbons (Fsp3) is 0.273. The van der Waals surface area contributed by atoms with Gasteiger partial charge in [0.2, 0.25) is 0 Å². The molecule has 1 aliphatic carbocycles. The van der Waals surface area contributed by atoms with Crippen molar-refractivity contribution in [1.82, 2.24) is 14.2 Å². The van der Waals surface area contributed by atoms with Gasteiger partial charge in [0.05, 0.1) is 4.90 Å². The number of benzene rings is 1. The van der Waals surface area contributed by atoms with Crippen LogP contribution in [0.1, 0.15) is 24.6 Å². The van der Waals surface area contributed by atoms with Gasteiger partial charge in [0, 0.05) is 11.6 Å². The van der Waals surface area contributed by atoms with E-state index in [9.17, 15) is 8.42 Å². The molecule has 1 fully saturated rings. The Morgan fingerprint density at radius 3 is 2.78 bits per heavy atom. The van der Waals surface area contributed by atoms with Gasteiger partial charge in [0.15, 0.2) is 5.82 Å². The zero-order valence-electron chi connectivity index (χ0n) is 9.52. The summed E-state index contributed by atoms with van der Waals surface area (Å²) in [6.45, 7) is 0. The van der Waals surface area contributed by atoms with Crippen LogP contribution in [0.25, 0.3) is 0 Å². The summed E-state index contributed by atoms with van der Waals surface area (Å²) in [5, 5.41) is 4.03. The Labute approximate surface area is 105 Å². The summed E-state index contributed by atoms with van der Waals surface area (Å²) >= 11 is 0. The molecule has 1 aromatic heterocycles. The summed E-state index contributed by atoms with van der Waals surface area (Å²) in [6.07, 6.45) is 3.30. The fourth-order valence-corrected chi connectivity index (χ4v) is 2.80. The van der Waals surface area contributed by atoms with Crippen molar-refractivity contribution in [1.29, 1.82) is 0 Å². The Hall–Kier alpha value is -1.89. The molecular formula is C11H12N4O2S. The van der Waals surface area contributed by atoms with Crippen molar-refractivity contribution in [3.05, 3.63) is 36.4 Å². The number of hydrogen-bond donors (Lipinski definition) is 1. The molecule has 1 aromatic carbocycles. The molecule has 3 rings (SSSR count). The lowest BCUT2D eigenvalue weighted by atomic mass is 10.3. The Morgan fingerprint density at radius 1 is 1.33 bits per heavy atom. The predicted octanol–water partition coefficient (Wildman–Crippen LogP) is 0.975. The van der Waals surface area contributed by atoms with Crippen LogP contribution in [0.5, 0.6) is 0 Å². The monoisotopic (exact) mass is 264 g/mol. The lowest BCUT2D eigenvalue weighted by Crippen LogP contribution is -2.14. The summed E-state index contributed by atoms with van der Waals surface area (Å²) in [5.41, 5.74) is 5.99. The van der Waals surface area contributed by atoms with Crippen molar-refractivity contribution in [3.63, 3.8) is 0 Å². The molecule has 94 valence electrons. The maximum atomic E-state index is 12.2. The number of nitrogen functional groups attached to an aromatic ring is 1. The van der Waals surface area contributed by atoms with E-state index in [0.717, 1.165) is 16.9 Å².